The molecule has 3 aliphatic rings. The Balaban J connectivity index is 1.67. The van der Waals surface area contributed by atoms with Crippen LogP contribution in [0, 0.1) is 0 Å². The van der Waals surface area contributed by atoms with E-state index in [0.29, 0.717) is 0 Å². The van der Waals surface area contributed by atoms with Crippen LogP contribution in [-0.4, -0.2) is 68.4 Å². The zero-order valence-corrected chi connectivity index (χ0v) is 18.9. The average Bonchev–Trinajstić information content (AvgIpc) is 2.82. The summed E-state index contributed by atoms with van der Waals surface area (Å²) < 4.78 is 11.4. The number of ketones is 3. The molecule has 35 heavy (non-hydrogen) atoms. The van der Waals surface area contributed by atoms with Gasteiger partial charge in [0.2, 0.25) is 0 Å². The van der Waals surface area contributed by atoms with Crippen LogP contribution in [0.15, 0.2) is 24.3 Å². The zero-order chi connectivity index (χ0) is 25.2. The molecule has 0 bridgehead atoms. The molecule has 5 atom stereocenters. The van der Waals surface area contributed by atoms with Crippen LogP contribution >= 0.6 is 0 Å². The number of hydrogen-bond acceptors (Lipinski definition) is 10. The molecule has 1 heterocycles. The second-order valence-electron chi connectivity index (χ2n) is 9.39. The Labute approximate surface area is 199 Å². The van der Waals surface area contributed by atoms with Crippen LogP contribution < -0.4 is 5.73 Å². The molecule has 5 rings (SSSR count). The van der Waals surface area contributed by atoms with E-state index in [1.54, 1.807) is 12.1 Å². The number of rotatable bonds is 3. The minimum atomic E-state index is -1.50. The molecular formula is C25H25NO9. The Hall–Kier alpha value is -3.15. The fourth-order valence-corrected chi connectivity index (χ4v) is 5.13. The lowest BCUT2D eigenvalue weighted by molar-refractivity contribution is -0.238. The van der Waals surface area contributed by atoms with E-state index in [4.69, 9.17) is 15.2 Å². The van der Waals surface area contributed by atoms with Crippen molar-refractivity contribution in [1.82, 2.24) is 0 Å². The van der Waals surface area contributed by atoms with Crippen molar-refractivity contribution in [3.8, 4) is 11.5 Å². The van der Waals surface area contributed by atoms with Gasteiger partial charge in [0.1, 0.15) is 23.4 Å². The first kappa shape index (κ1) is 23.6. The molecule has 10 heteroatoms. The SMILES string of the molecule is CC(=O)[C@]1(N)Cc2c(O)c3c(c(O)c2[C@@H](OC2C[C@@H](O)[C@@H](O)CO2)C1)C(=O)c1ccccc1C3=O. The number of nitrogens with two attached hydrogens (primary N) is 1. The van der Waals surface area contributed by atoms with Gasteiger partial charge in [-0.05, 0) is 6.92 Å². The van der Waals surface area contributed by atoms with Crippen molar-refractivity contribution in [2.45, 2.75) is 56.3 Å². The number of fused-ring (bicyclic) bond motifs is 3. The highest BCUT2D eigenvalue weighted by Crippen LogP contribution is 2.51. The van der Waals surface area contributed by atoms with Gasteiger partial charge in [0, 0.05) is 41.5 Å². The molecule has 0 amide bonds. The molecular weight excluding hydrogens is 458 g/mol. The van der Waals surface area contributed by atoms with Crippen LogP contribution in [0.1, 0.15) is 68.8 Å². The van der Waals surface area contributed by atoms with E-state index in [1.807, 2.05) is 0 Å². The minimum Gasteiger partial charge on any atom is -0.507 e. The van der Waals surface area contributed by atoms with E-state index < -0.39 is 59.0 Å². The number of carbonyl (C=O) groups excluding carboxylic acids is 3. The number of ether oxygens (including phenoxy) is 2. The van der Waals surface area contributed by atoms with Crippen molar-refractivity contribution < 1.29 is 44.3 Å². The molecule has 2 aliphatic carbocycles. The fraction of sp³-hybridized carbons (Fsp3) is 0.400. The van der Waals surface area contributed by atoms with Gasteiger partial charge in [0.05, 0.1) is 35.5 Å². The summed E-state index contributed by atoms with van der Waals surface area (Å²) in [5.74, 6) is -2.74. The lowest BCUT2D eigenvalue weighted by Gasteiger charge is -2.41. The molecule has 1 saturated heterocycles. The van der Waals surface area contributed by atoms with E-state index in [0.717, 1.165) is 0 Å². The van der Waals surface area contributed by atoms with Crippen molar-refractivity contribution in [2.75, 3.05) is 6.61 Å². The van der Waals surface area contributed by atoms with Crippen LogP contribution in [0.4, 0.5) is 0 Å². The van der Waals surface area contributed by atoms with Gasteiger partial charge in [-0.15, -0.1) is 0 Å². The normalized spacial score (nSPS) is 29.8. The number of Topliss-reactive ketones (excluding diaryl/α,β-unsaturated/α-hetero) is 1. The van der Waals surface area contributed by atoms with Gasteiger partial charge in [-0.3, -0.25) is 14.4 Å². The number of aliphatic hydroxyl groups excluding tert-OH is 2. The third kappa shape index (κ3) is 3.57. The Kier molecular flexibility index (Phi) is 5.53. The molecule has 1 aliphatic heterocycles. The van der Waals surface area contributed by atoms with E-state index in [9.17, 15) is 34.8 Å². The van der Waals surface area contributed by atoms with Crippen molar-refractivity contribution in [3.05, 3.63) is 57.6 Å². The Morgan fingerprint density at radius 1 is 1.06 bits per heavy atom. The second-order valence-corrected chi connectivity index (χ2v) is 9.39. The van der Waals surface area contributed by atoms with Gasteiger partial charge in [0.25, 0.3) is 0 Å². The number of carbonyl (C=O) groups is 3. The number of hydrogen-bond donors (Lipinski definition) is 5. The quantitative estimate of drug-likeness (QED) is 0.332. The first-order valence-corrected chi connectivity index (χ1v) is 11.3. The monoisotopic (exact) mass is 483 g/mol. The van der Waals surface area contributed by atoms with Crippen molar-refractivity contribution in [1.29, 1.82) is 0 Å². The maximum Gasteiger partial charge on any atom is 0.198 e. The third-order valence-corrected chi connectivity index (χ3v) is 7.17. The highest BCUT2D eigenvalue weighted by atomic mass is 16.7. The summed E-state index contributed by atoms with van der Waals surface area (Å²) in [4.78, 5) is 39.0. The first-order chi connectivity index (χ1) is 16.5. The molecule has 1 fully saturated rings. The van der Waals surface area contributed by atoms with Crippen molar-refractivity contribution >= 4 is 17.3 Å². The third-order valence-electron chi connectivity index (χ3n) is 7.17. The molecule has 10 nitrogen and oxygen atoms in total. The van der Waals surface area contributed by atoms with Gasteiger partial charge in [-0.1, -0.05) is 24.3 Å². The van der Waals surface area contributed by atoms with E-state index in [-0.39, 0.29) is 59.3 Å². The van der Waals surface area contributed by atoms with Crippen LogP contribution in [0.25, 0.3) is 0 Å². The van der Waals surface area contributed by atoms with E-state index in [2.05, 4.69) is 0 Å². The van der Waals surface area contributed by atoms with Crippen LogP contribution in [0.3, 0.4) is 0 Å². The minimum absolute atomic E-state index is 0.0344. The molecule has 2 aromatic rings. The second kappa shape index (κ2) is 8.21. The first-order valence-electron chi connectivity index (χ1n) is 11.3. The number of benzene rings is 2. The van der Waals surface area contributed by atoms with Gasteiger partial charge in [-0.25, -0.2) is 0 Å². The fourth-order valence-electron chi connectivity index (χ4n) is 5.13. The lowest BCUT2D eigenvalue weighted by atomic mass is 9.71. The summed E-state index contributed by atoms with van der Waals surface area (Å²) in [6.07, 6.45) is -4.74. The van der Waals surface area contributed by atoms with Crippen LogP contribution in [-0.2, 0) is 20.7 Å². The highest BCUT2D eigenvalue weighted by molar-refractivity contribution is 6.30. The van der Waals surface area contributed by atoms with Crippen molar-refractivity contribution in [3.63, 3.8) is 0 Å². The molecule has 184 valence electrons. The Morgan fingerprint density at radius 2 is 1.66 bits per heavy atom. The summed E-state index contributed by atoms with van der Waals surface area (Å²) in [6.45, 7) is 1.09. The topological polar surface area (TPSA) is 177 Å². The zero-order valence-electron chi connectivity index (χ0n) is 18.9. The Morgan fingerprint density at radius 3 is 2.23 bits per heavy atom. The smallest absolute Gasteiger partial charge is 0.198 e. The van der Waals surface area contributed by atoms with Crippen LogP contribution in [0.5, 0.6) is 11.5 Å². The molecule has 2 aromatic carbocycles. The molecule has 0 saturated carbocycles. The van der Waals surface area contributed by atoms with Crippen LogP contribution in [0.2, 0.25) is 0 Å². The summed E-state index contributed by atoms with van der Waals surface area (Å²) in [7, 11) is 0. The number of aromatic hydroxyl groups is 2. The average molecular weight is 483 g/mol. The summed E-state index contributed by atoms with van der Waals surface area (Å²) >= 11 is 0. The van der Waals surface area contributed by atoms with Gasteiger partial charge in [0.15, 0.2) is 17.9 Å². The largest absolute Gasteiger partial charge is 0.507 e. The van der Waals surface area contributed by atoms with Gasteiger partial charge in [-0.2, -0.15) is 0 Å². The van der Waals surface area contributed by atoms with E-state index in [1.165, 1.54) is 19.1 Å². The lowest BCUT2D eigenvalue weighted by Crippen LogP contribution is -2.53. The van der Waals surface area contributed by atoms with E-state index >= 15 is 0 Å². The molecule has 6 N–H and O–H groups in total. The maximum absolute atomic E-state index is 13.3. The predicted octanol–water partition coefficient (Wildman–Crippen LogP) is 0.632. The number of aliphatic hydroxyl groups is 2. The number of phenolic OH excluding ortho intramolecular Hbond substituents is 2. The van der Waals surface area contributed by atoms with Gasteiger partial charge >= 0.3 is 0 Å². The maximum atomic E-state index is 13.3. The van der Waals surface area contributed by atoms with Crippen molar-refractivity contribution in [2.24, 2.45) is 5.73 Å². The summed E-state index contributed by atoms with van der Waals surface area (Å²) in [6, 6.07) is 6.10. The summed E-state index contributed by atoms with van der Waals surface area (Å²) in [5, 5.41) is 42.3. The predicted molar refractivity (Wildman–Crippen MR) is 119 cm³/mol. The molecule has 1 unspecified atom stereocenters. The molecule has 0 radical (unpaired) electrons. The molecule has 0 aromatic heterocycles. The highest BCUT2D eigenvalue weighted by Gasteiger charge is 2.48. The van der Waals surface area contributed by atoms with Gasteiger partial charge < -0.3 is 35.6 Å². The standard InChI is InChI=1S/C25H25NO9/c1-10(27)25(26)7-13-18(16(8-25)35-17-6-14(28)15(29)9-34-17)24(33)20-19(23(13)32)21(30)11-4-2-3-5-12(11)22(20)31/h2-5,14-17,28-29,32-33H,6-9,26H2,1H3/t14-,15+,16+,17?,25+/m1/s1. The Bertz CT molecular complexity index is 1270. The summed E-state index contributed by atoms with van der Waals surface area (Å²) in [5.41, 5.74) is 4.47. The molecule has 0 spiro atoms. The number of phenols is 2.